The Bertz CT molecular complexity index is 1670. The van der Waals surface area contributed by atoms with Crippen LogP contribution in [0.3, 0.4) is 0 Å². The Labute approximate surface area is 220 Å². The Hall–Kier alpha value is -4.16. The van der Waals surface area contributed by atoms with Gasteiger partial charge in [0.05, 0.1) is 0 Å². The van der Waals surface area contributed by atoms with Gasteiger partial charge in [0.2, 0.25) is 0 Å². The summed E-state index contributed by atoms with van der Waals surface area (Å²) in [5.41, 5.74) is 14.1. The molecular weight excluding hydrogens is 444 g/mol. The molecule has 0 heteroatoms. The third kappa shape index (κ3) is 4.45. The van der Waals surface area contributed by atoms with Crippen LogP contribution in [0.15, 0.2) is 103 Å². The number of rotatable bonds is 3. The van der Waals surface area contributed by atoms with Crippen LogP contribution in [0.4, 0.5) is 0 Å². The van der Waals surface area contributed by atoms with Gasteiger partial charge in [-0.1, -0.05) is 113 Å². The molecule has 0 fully saturated rings. The minimum Gasteiger partial charge on any atom is -0.0614 e. The van der Waals surface area contributed by atoms with Gasteiger partial charge in [-0.3, -0.25) is 0 Å². The lowest BCUT2D eigenvalue weighted by Crippen LogP contribution is -1.89. The van der Waals surface area contributed by atoms with E-state index in [1.807, 2.05) is 0 Å². The summed E-state index contributed by atoms with van der Waals surface area (Å²) in [5, 5.41) is 5.15. The maximum atomic E-state index is 2.38. The zero-order chi connectivity index (χ0) is 25.7. The predicted molar refractivity (Wildman–Crippen MR) is 161 cm³/mol. The zero-order valence-electron chi connectivity index (χ0n) is 22.3. The molecule has 0 nitrogen and oxygen atoms in total. The Morgan fingerprint density at radius 3 is 1.24 bits per heavy atom. The van der Waals surface area contributed by atoms with Gasteiger partial charge in [-0.2, -0.15) is 0 Å². The molecule has 6 rings (SSSR count). The van der Waals surface area contributed by atoms with Crippen LogP contribution in [0.2, 0.25) is 0 Å². The number of hydrogen-bond acceptors (Lipinski definition) is 0. The van der Waals surface area contributed by atoms with Crippen LogP contribution in [0.25, 0.3) is 54.9 Å². The molecule has 6 aromatic carbocycles. The molecule has 0 saturated carbocycles. The first-order valence-electron chi connectivity index (χ1n) is 13.1. The summed E-state index contributed by atoms with van der Waals surface area (Å²) >= 11 is 0. The molecule has 0 bridgehead atoms. The first-order chi connectivity index (χ1) is 17.8. The van der Waals surface area contributed by atoms with Crippen molar-refractivity contribution in [2.75, 3.05) is 0 Å². The molecular formula is C37H32. The minimum absolute atomic E-state index is 1.26. The van der Waals surface area contributed by atoms with Crippen LogP contribution >= 0.6 is 0 Å². The lowest BCUT2D eigenvalue weighted by atomic mass is 9.88. The molecule has 0 heterocycles. The number of aryl methyl sites for hydroxylation is 5. The van der Waals surface area contributed by atoms with Crippen LogP contribution in [0.5, 0.6) is 0 Å². The highest BCUT2D eigenvalue weighted by molar-refractivity contribution is 6.14. The summed E-state index contributed by atoms with van der Waals surface area (Å²) in [6, 6.07) is 38.8. The van der Waals surface area contributed by atoms with Crippen molar-refractivity contribution in [2.24, 2.45) is 0 Å². The van der Waals surface area contributed by atoms with Gasteiger partial charge in [-0.15, -0.1) is 0 Å². The van der Waals surface area contributed by atoms with E-state index in [4.69, 9.17) is 0 Å². The molecule has 0 aliphatic carbocycles. The first kappa shape index (κ1) is 23.3. The maximum Gasteiger partial charge on any atom is -0.00267 e. The monoisotopic (exact) mass is 476 g/mol. The molecule has 0 radical (unpaired) electrons. The highest BCUT2D eigenvalue weighted by Gasteiger charge is 2.13. The van der Waals surface area contributed by atoms with Gasteiger partial charge in [-0.25, -0.2) is 0 Å². The van der Waals surface area contributed by atoms with Crippen LogP contribution in [0.1, 0.15) is 27.8 Å². The molecule has 0 aliphatic rings. The van der Waals surface area contributed by atoms with Crippen LogP contribution in [-0.4, -0.2) is 0 Å². The second-order valence-electron chi connectivity index (χ2n) is 10.7. The zero-order valence-corrected chi connectivity index (χ0v) is 22.3. The van der Waals surface area contributed by atoms with Gasteiger partial charge in [0, 0.05) is 0 Å². The van der Waals surface area contributed by atoms with E-state index in [2.05, 4.69) is 138 Å². The molecule has 0 spiro atoms. The first-order valence-corrected chi connectivity index (χ1v) is 13.1. The molecule has 0 aliphatic heterocycles. The van der Waals surface area contributed by atoms with E-state index in [0.717, 1.165) is 0 Å². The van der Waals surface area contributed by atoms with Crippen molar-refractivity contribution in [2.45, 2.75) is 34.6 Å². The van der Waals surface area contributed by atoms with E-state index in [0.29, 0.717) is 0 Å². The van der Waals surface area contributed by atoms with Gasteiger partial charge in [0.1, 0.15) is 0 Å². The van der Waals surface area contributed by atoms with E-state index in [9.17, 15) is 0 Å². The van der Waals surface area contributed by atoms with E-state index in [1.54, 1.807) is 0 Å². The Morgan fingerprint density at radius 1 is 0.324 bits per heavy atom. The van der Waals surface area contributed by atoms with Crippen molar-refractivity contribution in [3.8, 4) is 33.4 Å². The fourth-order valence-electron chi connectivity index (χ4n) is 5.89. The molecule has 0 saturated heterocycles. The summed E-state index contributed by atoms with van der Waals surface area (Å²) in [4.78, 5) is 0. The number of benzene rings is 6. The Balaban J connectivity index is 1.64. The van der Waals surface area contributed by atoms with Crippen molar-refractivity contribution in [1.82, 2.24) is 0 Å². The fraction of sp³-hybridized carbons (Fsp3) is 0.135. The standard InChI is InChI=1S/C37H32/c1-23-7-6-8-30(15-23)37-35-11-9-28(31-16-24(2)13-25(3)17-31)20-33(35)22-34-21-29(10-12-36(34)37)32-18-26(4)14-27(5)19-32/h6-22H,1-5H3. The molecule has 0 atom stereocenters. The topological polar surface area (TPSA) is 0 Å². The lowest BCUT2D eigenvalue weighted by molar-refractivity contribution is 1.38. The lowest BCUT2D eigenvalue weighted by Gasteiger charge is -2.15. The van der Waals surface area contributed by atoms with Crippen LogP contribution in [0, 0.1) is 34.6 Å². The van der Waals surface area contributed by atoms with E-state index in [1.165, 1.54) is 82.7 Å². The van der Waals surface area contributed by atoms with Gasteiger partial charge >= 0.3 is 0 Å². The van der Waals surface area contributed by atoms with Crippen molar-refractivity contribution >= 4 is 21.5 Å². The summed E-state index contributed by atoms with van der Waals surface area (Å²) in [7, 11) is 0. The smallest absolute Gasteiger partial charge is 0.00267 e. The predicted octanol–water partition coefficient (Wildman–Crippen LogP) is 10.5. The fourth-order valence-corrected chi connectivity index (χ4v) is 5.89. The second-order valence-corrected chi connectivity index (χ2v) is 10.7. The molecule has 180 valence electrons. The van der Waals surface area contributed by atoms with Gasteiger partial charge in [-0.05, 0) is 108 Å². The van der Waals surface area contributed by atoms with E-state index < -0.39 is 0 Å². The molecule has 0 amide bonds. The average molecular weight is 477 g/mol. The number of fused-ring (bicyclic) bond motifs is 2. The van der Waals surface area contributed by atoms with Crippen molar-refractivity contribution < 1.29 is 0 Å². The SMILES string of the molecule is Cc1cc(C)cc(-c2ccc3c(-c4cccc(C)c4)c4ccc(-c5cc(C)cc(C)c5)cc4cc3c2)c1. The quantitative estimate of drug-likeness (QED) is 0.223. The van der Waals surface area contributed by atoms with E-state index in [-0.39, 0.29) is 0 Å². The second kappa shape index (κ2) is 9.05. The van der Waals surface area contributed by atoms with E-state index >= 15 is 0 Å². The van der Waals surface area contributed by atoms with Crippen molar-refractivity contribution in [3.63, 3.8) is 0 Å². The third-order valence-corrected chi connectivity index (χ3v) is 7.37. The van der Waals surface area contributed by atoms with Crippen LogP contribution in [-0.2, 0) is 0 Å². The summed E-state index contributed by atoms with van der Waals surface area (Å²) in [6.45, 7) is 10.9. The van der Waals surface area contributed by atoms with Crippen LogP contribution < -0.4 is 0 Å². The van der Waals surface area contributed by atoms with Gasteiger partial charge < -0.3 is 0 Å². The largest absolute Gasteiger partial charge is 0.0614 e. The molecule has 0 aromatic heterocycles. The van der Waals surface area contributed by atoms with Gasteiger partial charge in [0.25, 0.3) is 0 Å². The normalized spacial score (nSPS) is 11.4. The Kier molecular flexibility index (Phi) is 5.69. The molecule has 37 heavy (non-hydrogen) atoms. The van der Waals surface area contributed by atoms with Crippen molar-refractivity contribution in [3.05, 3.63) is 131 Å². The maximum absolute atomic E-state index is 2.38. The van der Waals surface area contributed by atoms with Gasteiger partial charge in [0.15, 0.2) is 0 Å². The molecule has 0 N–H and O–H groups in total. The highest BCUT2D eigenvalue weighted by Crippen LogP contribution is 2.40. The molecule has 0 unspecified atom stereocenters. The van der Waals surface area contributed by atoms with Crippen molar-refractivity contribution in [1.29, 1.82) is 0 Å². The summed E-state index contributed by atoms with van der Waals surface area (Å²) < 4.78 is 0. The highest BCUT2D eigenvalue weighted by atomic mass is 14.2. The summed E-state index contributed by atoms with van der Waals surface area (Å²) in [6.07, 6.45) is 0. The number of hydrogen-bond donors (Lipinski definition) is 0. The average Bonchev–Trinajstić information content (AvgIpc) is 2.85. The third-order valence-electron chi connectivity index (χ3n) is 7.37. The summed E-state index contributed by atoms with van der Waals surface area (Å²) in [5.74, 6) is 0. The molecule has 6 aromatic rings. The Morgan fingerprint density at radius 2 is 0.784 bits per heavy atom. The minimum atomic E-state index is 1.26.